The summed E-state index contributed by atoms with van der Waals surface area (Å²) in [6.07, 6.45) is -0.497. The number of methoxy groups -OCH3 is 1. The van der Waals surface area contributed by atoms with Gasteiger partial charge in [0.05, 0.1) is 19.2 Å². The number of nitrogens with one attached hydrogen (secondary N) is 1. The highest BCUT2D eigenvalue weighted by atomic mass is 16.5. The van der Waals surface area contributed by atoms with Crippen molar-refractivity contribution in [1.82, 2.24) is 5.32 Å². The Morgan fingerprint density at radius 2 is 1.71 bits per heavy atom. The first-order chi connectivity index (χ1) is 11.7. The van der Waals surface area contributed by atoms with Crippen LogP contribution in [0.3, 0.4) is 0 Å². The Morgan fingerprint density at radius 1 is 1.00 bits per heavy atom. The smallest absolute Gasteiger partial charge is 0.407 e. The van der Waals surface area contributed by atoms with Crippen LogP contribution in [0.5, 0.6) is 5.75 Å². The zero-order chi connectivity index (χ0) is 17.2. The van der Waals surface area contributed by atoms with Gasteiger partial charge in [0.2, 0.25) is 0 Å². The third-order valence-electron chi connectivity index (χ3n) is 3.13. The number of carbonyl (C=O) groups is 2. The van der Waals surface area contributed by atoms with E-state index in [2.05, 4.69) is 10.1 Å². The van der Waals surface area contributed by atoms with Crippen LogP contribution >= 0.6 is 0 Å². The second-order valence-electron chi connectivity index (χ2n) is 4.85. The highest BCUT2D eigenvalue weighted by molar-refractivity contribution is 5.89. The molecular weight excluding hydrogens is 310 g/mol. The molecule has 0 fully saturated rings. The Morgan fingerprint density at radius 3 is 2.38 bits per heavy atom. The van der Waals surface area contributed by atoms with Gasteiger partial charge in [0.1, 0.15) is 19.0 Å². The predicted octanol–water partition coefficient (Wildman–Crippen LogP) is 2.78. The second kappa shape index (κ2) is 9.19. The number of esters is 1. The summed E-state index contributed by atoms with van der Waals surface area (Å²) in [6, 6.07) is 16.0. The maximum absolute atomic E-state index is 11.5. The van der Waals surface area contributed by atoms with E-state index in [9.17, 15) is 9.59 Å². The number of alkyl carbamates (subject to hydrolysis) is 1. The fraction of sp³-hybridized carbons (Fsp3) is 0.222. The molecule has 0 aliphatic carbocycles. The summed E-state index contributed by atoms with van der Waals surface area (Å²) in [5, 5.41) is 2.60. The van der Waals surface area contributed by atoms with Gasteiger partial charge < -0.3 is 19.5 Å². The molecule has 2 rings (SSSR count). The number of ether oxygens (including phenoxy) is 3. The molecule has 0 bridgehead atoms. The summed E-state index contributed by atoms with van der Waals surface area (Å²) < 4.78 is 15.2. The van der Waals surface area contributed by atoms with Gasteiger partial charge in [0, 0.05) is 0 Å². The van der Waals surface area contributed by atoms with Crippen molar-refractivity contribution in [2.45, 2.75) is 6.61 Å². The maximum atomic E-state index is 11.5. The van der Waals surface area contributed by atoms with E-state index in [1.54, 1.807) is 24.3 Å². The summed E-state index contributed by atoms with van der Waals surface area (Å²) in [5.41, 5.74) is 1.38. The van der Waals surface area contributed by atoms with Crippen molar-refractivity contribution in [1.29, 1.82) is 0 Å². The van der Waals surface area contributed by atoms with Crippen LogP contribution < -0.4 is 10.1 Å². The van der Waals surface area contributed by atoms with Crippen molar-refractivity contribution in [2.75, 3.05) is 20.3 Å². The minimum atomic E-state index is -0.497. The van der Waals surface area contributed by atoms with E-state index >= 15 is 0 Å². The molecule has 6 heteroatoms. The minimum absolute atomic E-state index is 0.225. The lowest BCUT2D eigenvalue weighted by Gasteiger charge is -2.09. The molecule has 0 saturated carbocycles. The van der Waals surface area contributed by atoms with Crippen LogP contribution in [0.25, 0.3) is 0 Å². The average molecular weight is 329 g/mol. The van der Waals surface area contributed by atoms with Crippen molar-refractivity contribution in [3.05, 3.63) is 65.7 Å². The number of amides is 1. The van der Waals surface area contributed by atoms with Gasteiger partial charge in [-0.25, -0.2) is 9.59 Å². The molecule has 1 amide bonds. The zero-order valence-electron chi connectivity index (χ0n) is 13.4. The monoisotopic (exact) mass is 329 g/mol. The van der Waals surface area contributed by atoms with Gasteiger partial charge in [-0.05, 0) is 29.8 Å². The molecule has 0 atom stereocenters. The molecule has 0 saturated heterocycles. The number of hydrogen-bond acceptors (Lipinski definition) is 5. The molecule has 0 aliphatic heterocycles. The lowest BCUT2D eigenvalue weighted by Crippen LogP contribution is -2.28. The lowest BCUT2D eigenvalue weighted by atomic mass is 10.2. The number of rotatable bonds is 7. The van der Waals surface area contributed by atoms with Crippen LogP contribution in [0.4, 0.5) is 4.79 Å². The van der Waals surface area contributed by atoms with E-state index in [0.29, 0.717) is 17.9 Å². The molecule has 24 heavy (non-hydrogen) atoms. The third kappa shape index (κ3) is 5.64. The zero-order valence-corrected chi connectivity index (χ0v) is 13.4. The van der Waals surface area contributed by atoms with E-state index in [4.69, 9.17) is 9.47 Å². The Labute approximate surface area is 140 Å². The summed E-state index contributed by atoms with van der Waals surface area (Å²) >= 11 is 0. The van der Waals surface area contributed by atoms with Gasteiger partial charge in [-0.2, -0.15) is 0 Å². The van der Waals surface area contributed by atoms with Gasteiger partial charge in [-0.3, -0.25) is 0 Å². The fourth-order valence-electron chi connectivity index (χ4n) is 1.90. The van der Waals surface area contributed by atoms with Gasteiger partial charge in [-0.1, -0.05) is 30.3 Å². The van der Waals surface area contributed by atoms with Gasteiger partial charge in [-0.15, -0.1) is 0 Å². The highest BCUT2D eigenvalue weighted by Crippen LogP contribution is 2.12. The first kappa shape index (κ1) is 17.3. The highest BCUT2D eigenvalue weighted by Gasteiger charge is 2.05. The van der Waals surface area contributed by atoms with Crippen LogP contribution in [0, 0.1) is 0 Å². The summed E-state index contributed by atoms with van der Waals surface area (Å²) in [4.78, 5) is 22.8. The first-order valence-electron chi connectivity index (χ1n) is 7.45. The van der Waals surface area contributed by atoms with Crippen LogP contribution in [-0.4, -0.2) is 32.3 Å². The number of carbonyl (C=O) groups excluding carboxylic acids is 2. The topological polar surface area (TPSA) is 73.9 Å². The molecule has 0 aliphatic rings. The number of benzene rings is 2. The van der Waals surface area contributed by atoms with E-state index in [0.717, 1.165) is 5.56 Å². The normalized spacial score (nSPS) is 9.88. The van der Waals surface area contributed by atoms with Gasteiger partial charge in [0.25, 0.3) is 0 Å². The Bertz CT molecular complexity index is 655. The van der Waals surface area contributed by atoms with Gasteiger partial charge >= 0.3 is 12.1 Å². The van der Waals surface area contributed by atoms with E-state index in [-0.39, 0.29) is 13.2 Å². The Hall–Kier alpha value is -3.02. The quantitative estimate of drug-likeness (QED) is 0.624. The van der Waals surface area contributed by atoms with Crippen molar-refractivity contribution < 1.29 is 23.8 Å². The van der Waals surface area contributed by atoms with Crippen molar-refractivity contribution in [3.8, 4) is 5.75 Å². The molecule has 0 heterocycles. The minimum Gasteiger partial charge on any atom is -0.492 e. The number of hydrogen-bond donors (Lipinski definition) is 1. The van der Waals surface area contributed by atoms with Crippen LogP contribution in [0.15, 0.2) is 54.6 Å². The molecule has 0 radical (unpaired) electrons. The second-order valence-corrected chi connectivity index (χ2v) is 4.85. The summed E-state index contributed by atoms with van der Waals surface area (Å²) in [6.45, 7) is 0.826. The van der Waals surface area contributed by atoms with E-state index in [1.165, 1.54) is 7.11 Å². The maximum Gasteiger partial charge on any atom is 0.407 e. The SMILES string of the molecule is COC(=O)c1ccc(OCCNC(=O)OCc2ccccc2)cc1. The van der Waals surface area contributed by atoms with Crippen LogP contribution in [0.2, 0.25) is 0 Å². The van der Waals surface area contributed by atoms with Crippen molar-refractivity contribution in [3.63, 3.8) is 0 Å². The third-order valence-corrected chi connectivity index (χ3v) is 3.13. The van der Waals surface area contributed by atoms with Crippen molar-refractivity contribution in [2.24, 2.45) is 0 Å². The van der Waals surface area contributed by atoms with E-state index in [1.807, 2.05) is 30.3 Å². The first-order valence-corrected chi connectivity index (χ1v) is 7.45. The van der Waals surface area contributed by atoms with Crippen LogP contribution in [-0.2, 0) is 16.1 Å². The van der Waals surface area contributed by atoms with Gasteiger partial charge in [0.15, 0.2) is 0 Å². The molecule has 1 N–H and O–H groups in total. The fourth-order valence-corrected chi connectivity index (χ4v) is 1.90. The standard InChI is InChI=1S/C18H19NO5/c1-22-17(20)15-7-9-16(10-8-15)23-12-11-19-18(21)24-13-14-5-3-2-4-6-14/h2-10H,11-13H2,1H3,(H,19,21). The molecular formula is C18H19NO5. The summed E-state index contributed by atoms with van der Waals surface area (Å²) in [5.74, 6) is 0.200. The average Bonchev–Trinajstić information content (AvgIpc) is 2.64. The molecule has 0 spiro atoms. The molecule has 2 aromatic rings. The molecule has 2 aromatic carbocycles. The molecule has 0 aromatic heterocycles. The predicted molar refractivity (Wildman–Crippen MR) is 87.9 cm³/mol. The Balaban J connectivity index is 1.63. The lowest BCUT2D eigenvalue weighted by molar-refractivity contribution is 0.0600. The largest absolute Gasteiger partial charge is 0.492 e. The Kier molecular flexibility index (Phi) is 6.64. The van der Waals surface area contributed by atoms with Crippen LogP contribution in [0.1, 0.15) is 15.9 Å². The molecule has 6 nitrogen and oxygen atoms in total. The van der Waals surface area contributed by atoms with E-state index < -0.39 is 12.1 Å². The van der Waals surface area contributed by atoms with Crippen molar-refractivity contribution >= 4 is 12.1 Å². The summed E-state index contributed by atoms with van der Waals surface area (Å²) in [7, 11) is 1.33. The molecule has 126 valence electrons. The molecule has 0 unspecified atom stereocenters.